The first-order valence-corrected chi connectivity index (χ1v) is 15.1. The summed E-state index contributed by atoms with van der Waals surface area (Å²) >= 11 is 3.23. The average Bonchev–Trinajstić information content (AvgIpc) is 2.89. The van der Waals surface area contributed by atoms with Crippen LogP contribution in [0.3, 0.4) is 0 Å². The van der Waals surface area contributed by atoms with Crippen molar-refractivity contribution in [3.05, 3.63) is 94.2 Å². The first kappa shape index (κ1) is 28.3. The van der Waals surface area contributed by atoms with Gasteiger partial charge in [0.25, 0.3) is 0 Å². The Morgan fingerprint density at radius 1 is 1.03 bits per heavy atom. The number of hydrogen-bond acceptors (Lipinski definition) is 3. The van der Waals surface area contributed by atoms with E-state index in [1.54, 1.807) is 28.6 Å². The Kier molecular flexibility index (Phi) is 9.23. The third kappa shape index (κ3) is 6.81. The third-order valence-electron chi connectivity index (χ3n) is 7.02. The highest BCUT2D eigenvalue weighted by molar-refractivity contribution is 9.10. The van der Waals surface area contributed by atoms with Crippen LogP contribution < -0.4 is 10.6 Å². The largest absolute Gasteiger partial charge is 0.331 e. The summed E-state index contributed by atoms with van der Waals surface area (Å²) in [6.07, 6.45) is 4.05. The molecule has 1 aliphatic rings. The maximum absolute atomic E-state index is 13.8. The van der Waals surface area contributed by atoms with Crippen molar-refractivity contribution in [2.45, 2.75) is 69.0 Å². The third-order valence-corrected chi connectivity index (χ3v) is 9.77. The standard InChI is InChI=1S/C29H33BrFN3O3S/c1-20-7-6-8-21(2)34(20)38(36,37)25-15-13-24(14-16-25)32-29(35)33-28(18-11-22-9-4-3-5-10-22)23-12-17-27(31)26(30)19-23/h3-5,9-10,12-17,19-21,28H,6-8,11,18H2,1-2H3,(H2,32,33,35). The van der Waals surface area contributed by atoms with Crippen LogP contribution in [0.15, 0.2) is 82.2 Å². The maximum Gasteiger partial charge on any atom is 0.319 e. The molecule has 4 rings (SSSR count). The summed E-state index contributed by atoms with van der Waals surface area (Å²) < 4.78 is 42.3. The summed E-state index contributed by atoms with van der Waals surface area (Å²) in [4.78, 5) is 13.1. The molecule has 1 saturated heterocycles. The Morgan fingerprint density at radius 2 is 1.68 bits per heavy atom. The highest BCUT2D eigenvalue weighted by Gasteiger charge is 2.35. The summed E-state index contributed by atoms with van der Waals surface area (Å²) in [5.41, 5.74) is 2.38. The van der Waals surface area contributed by atoms with Crippen molar-refractivity contribution < 1.29 is 17.6 Å². The highest BCUT2D eigenvalue weighted by Crippen LogP contribution is 2.30. The lowest BCUT2D eigenvalue weighted by molar-refractivity contribution is 0.204. The Morgan fingerprint density at radius 3 is 2.32 bits per heavy atom. The number of nitrogens with zero attached hydrogens (tertiary/aromatic N) is 1. The van der Waals surface area contributed by atoms with Gasteiger partial charge < -0.3 is 10.6 Å². The van der Waals surface area contributed by atoms with Crippen LogP contribution in [0.25, 0.3) is 0 Å². The summed E-state index contributed by atoms with van der Waals surface area (Å²) in [5.74, 6) is -0.372. The van der Waals surface area contributed by atoms with Crippen molar-refractivity contribution in [2.75, 3.05) is 5.32 Å². The SMILES string of the molecule is CC1CCCC(C)N1S(=O)(=O)c1ccc(NC(=O)NC(CCc2ccccc2)c2ccc(F)c(Br)c2)cc1. The molecule has 0 bridgehead atoms. The van der Waals surface area contributed by atoms with Gasteiger partial charge in [0.15, 0.2) is 0 Å². The lowest BCUT2D eigenvalue weighted by atomic mass is 9.99. The molecule has 0 saturated carbocycles. The zero-order valence-corrected chi connectivity index (χ0v) is 23.9. The van der Waals surface area contributed by atoms with Gasteiger partial charge in [-0.05, 0) is 103 Å². The van der Waals surface area contributed by atoms with Crippen molar-refractivity contribution in [1.82, 2.24) is 9.62 Å². The Balaban J connectivity index is 1.45. The fourth-order valence-electron chi connectivity index (χ4n) is 5.04. The molecule has 3 aromatic carbocycles. The van der Waals surface area contributed by atoms with Gasteiger partial charge in [0.05, 0.1) is 15.4 Å². The molecule has 6 nitrogen and oxygen atoms in total. The Labute approximate surface area is 232 Å². The molecular weight excluding hydrogens is 569 g/mol. The molecule has 1 heterocycles. The van der Waals surface area contributed by atoms with Gasteiger partial charge in [-0.1, -0.05) is 42.8 Å². The molecule has 3 unspecified atom stereocenters. The van der Waals surface area contributed by atoms with Gasteiger partial charge in [-0.3, -0.25) is 0 Å². The van der Waals surface area contributed by atoms with E-state index in [1.165, 1.54) is 18.2 Å². The minimum absolute atomic E-state index is 0.0494. The van der Waals surface area contributed by atoms with E-state index in [-0.39, 0.29) is 28.8 Å². The molecule has 3 aromatic rings. The lowest BCUT2D eigenvalue weighted by Crippen LogP contribution is -2.47. The molecule has 2 amide bonds. The second-order valence-electron chi connectivity index (χ2n) is 9.84. The first-order chi connectivity index (χ1) is 18.1. The van der Waals surface area contributed by atoms with Crippen LogP contribution in [0.5, 0.6) is 0 Å². The van der Waals surface area contributed by atoms with E-state index in [9.17, 15) is 17.6 Å². The second-order valence-corrected chi connectivity index (χ2v) is 12.5. The minimum Gasteiger partial charge on any atom is -0.331 e. The number of rotatable bonds is 8. The van der Waals surface area contributed by atoms with Gasteiger partial charge >= 0.3 is 6.03 Å². The van der Waals surface area contributed by atoms with Crippen LogP contribution in [0.2, 0.25) is 0 Å². The van der Waals surface area contributed by atoms with Gasteiger partial charge in [-0.2, -0.15) is 4.31 Å². The molecule has 38 heavy (non-hydrogen) atoms. The van der Waals surface area contributed by atoms with Crippen LogP contribution in [-0.4, -0.2) is 30.8 Å². The average molecular weight is 603 g/mol. The van der Waals surface area contributed by atoms with E-state index >= 15 is 0 Å². The van der Waals surface area contributed by atoms with E-state index in [2.05, 4.69) is 26.6 Å². The molecule has 0 aromatic heterocycles. The van der Waals surface area contributed by atoms with Crippen LogP contribution >= 0.6 is 15.9 Å². The molecule has 0 spiro atoms. The van der Waals surface area contributed by atoms with Crippen LogP contribution in [0, 0.1) is 5.82 Å². The van der Waals surface area contributed by atoms with E-state index in [1.807, 2.05) is 44.2 Å². The number of sulfonamides is 1. The van der Waals surface area contributed by atoms with E-state index in [4.69, 9.17) is 0 Å². The smallest absolute Gasteiger partial charge is 0.319 e. The lowest BCUT2D eigenvalue weighted by Gasteiger charge is -2.37. The van der Waals surface area contributed by atoms with Crippen molar-refractivity contribution >= 4 is 37.7 Å². The number of nitrogens with one attached hydrogen (secondary N) is 2. The van der Waals surface area contributed by atoms with Crippen molar-refractivity contribution in [3.63, 3.8) is 0 Å². The number of benzene rings is 3. The summed E-state index contributed by atoms with van der Waals surface area (Å²) in [6.45, 7) is 3.89. The van der Waals surface area contributed by atoms with Gasteiger partial charge in [0, 0.05) is 17.8 Å². The van der Waals surface area contributed by atoms with Gasteiger partial charge in [0.1, 0.15) is 5.82 Å². The molecule has 0 aliphatic carbocycles. The number of urea groups is 1. The van der Waals surface area contributed by atoms with Crippen LogP contribution in [0.4, 0.5) is 14.9 Å². The second kappa shape index (κ2) is 12.4. The molecule has 202 valence electrons. The Hall–Kier alpha value is -2.75. The van der Waals surface area contributed by atoms with Crippen LogP contribution in [0.1, 0.15) is 56.7 Å². The number of halogens is 2. The fraction of sp³-hybridized carbons (Fsp3) is 0.345. The molecule has 2 N–H and O–H groups in total. The molecule has 9 heteroatoms. The number of hydrogen-bond donors (Lipinski definition) is 2. The predicted octanol–water partition coefficient (Wildman–Crippen LogP) is 7.04. The first-order valence-electron chi connectivity index (χ1n) is 12.8. The molecule has 3 atom stereocenters. The number of amides is 2. The molecule has 1 aliphatic heterocycles. The molecular formula is C29H33BrFN3O3S. The number of piperidine rings is 1. The number of anilines is 1. The number of aryl methyl sites for hydroxylation is 1. The molecule has 1 fully saturated rings. The summed E-state index contributed by atoms with van der Waals surface area (Å²) in [7, 11) is -3.63. The predicted molar refractivity (Wildman–Crippen MR) is 152 cm³/mol. The quantitative estimate of drug-likeness (QED) is 0.291. The zero-order chi connectivity index (χ0) is 27.3. The summed E-state index contributed by atoms with van der Waals surface area (Å²) in [5, 5.41) is 5.78. The van der Waals surface area contributed by atoms with Gasteiger partial charge in [-0.15, -0.1) is 0 Å². The van der Waals surface area contributed by atoms with E-state index in [0.717, 1.165) is 36.8 Å². The topological polar surface area (TPSA) is 78.5 Å². The number of carbonyl (C=O) groups is 1. The van der Waals surface area contributed by atoms with E-state index < -0.39 is 16.1 Å². The highest BCUT2D eigenvalue weighted by atomic mass is 79.9. The Bertz CT molecular complexity index is 1340. The van der Waals surface area contributed by atoms with Gasteiger partial charge in [-0.25, -0.2) is 17.6 Å². The summed E-state index contributed by atoms with van der Waals surface area (Å²) in [6, 6.07) is 20.0. The van der Waals surface area contributed by atoms with Crippen LogP contribution in [-0.2, 0) is 16.4 Å². The van der Waals surface area contributed by atoms with Crippen molar-refractivity contribution in [1.29, 1.82) is 0 Å². The van der Waals surface area contributed by atoms with E-state index in [0.29, 0.717) is 16.6 Å². The normalized spacial score (nSPS) is 19.1. The zero-order valence-electron chi connectivity index (χ0n) is 21.5. The monoisotopic (exact) mass is 601 g/mol. The number of carbonyl (C=O) groups excluding carboxylic acids is 1. The van der Waals surface area contributed by atoms with Gasteiger partial charge in [0.2, 0.25) is 10.0 Å². The van der Waals surface area contributed by atoms with Crippen molar-refractivity contribution in [3.8, 4) is 0 Å². The molecule has 0 radical (unpaired) electrons. The minimum atomic E-state index is -3.63. The maximum atomic E-state index is 13.8. The van der Waals surface area contributed by atoms with Crippen molar-refractivity contribution in [2.24, 2.45) is 0 Å². The fourth-order valence-corrected chi connectivity index (χ4v) is 7.31.